The summed E-state index contributed by atoms with van der Waals surface area (Å²) < 4.78 is 0. The lowest BCUT2D eigenvalue weighted by atomic mass is 9.89. The van der Waals surface area contributed by atoms with Gasteiger partial charge < -0.3 is 15.0 Å². The molecule has 0 amide bonds. The Labute approximate surface area is 112 Å². The minimum Gasteiger partial charge on any atom is -0.481 e. The molecule has 1 heterocycles. The van der Waals surface area contributed by atoms with Gasteiger partial charge in [0.15, 0.2) is 0 Å². The van der Waals surface area contributed by atoms with Gasteiger partial charge in [-0.2, -0.15) is 0 Å². The van der Waals surface area contributed by atoms with Crippen LogP contribution >= 0.6 is 0 Å². The van der Waals surface area contributed by atoms with E-state index in [0.29, 0.717) is 0 Å². The molecule has 2 aromatic rings. The first kappa shape index (κ1) is 12.2. The van der Waals surface area contributed by atoms with Gasteiger partial charge in [-0.15, -0.1) is 0 Å². The molecule has 1 aliphatic carbocycles. The number of nitrogens with zero attached hydrogens (tertiary/aromatic N) is 1. The lowest BCUT2D eigenvalue weighted by Crippen LogP contribution is -2.33. The average molecular weight is 258 g/mol. The van der Waals surface area contributed by atoms with Gasteiger partial charge in [0.05, 0.1) is 11.5 Å². The van der Waals surface area contributed by atoms with Crippen LogP contribution in [-0.2, 0) is 4.79 Å². The van der Waals surface area contributed by atoms with Gasteiger partial charge in [0.25, 0.3) is 0 Å². The van der Waals surface area contributed by atoms with E-state index < -0.39 is 11.4 Å². The van der Waals surface area contributed by atoms with E-state index in [9.17, 15) is 9.90 Å². The number of aromatic nitrogens is 1. The molecule has 3 rings (SSSR count). The number of nitrogens with one attached hydrogen (secondary N) is 1. The monoisotopic (exact) mass is 258 g/mol. The van der Waals surface area contributed by atoms with Crippen LogP contribution in [0.3, 0.4) is 0 Å². The lowest BCUT2D eigenvalue weighted by molar-refractivity contribution is -0.146. The number of hydrogen-bond acceptors (Lipinski definition) is 2. The predicted molar refractivity (Wildman–Crippen MR) is 74.0 cm³/mol. The second-order valence-corrected chi connectivity index (χ2v) is 5.62. The fourth-order valence-electron chi connectivity index (χ4n) is 3.13. The van der Waals surface area contributed by atoms with E-state index in [1.165, 1.54) is 0 Å². The third-order valence-electron chi connectivity index (χ3n) is 4.17. The zero-order valence-electron chi connectivity index (χ0n) is 11.2. The molecular formula is C15H18N2O2. The number of carboxylic acid groups (broad SMARTS) is 1. The molecule has 0 saturated heterocycles. The maximum atomic E-state index is 11.6. The maximum absolute atomic E-state index is 11.6. The van der Waals surface area contributed by atoms with Gasteiger partial charge in [-0.25, -0.2) is 0 Å². The Morgan fingerprint density at radius 3 is 2.63 bits per heavy atom. The SMILES string of the molecule is CN(C)C(c1c[nH]c2ccccc12)C1(C(=O)O)CC1. The van der Waals surface area contributed by atoms with Crippen molar-refractivity contribution in [3.8, 4) is 0 Å². The van der Waals surface area contributed by atoms with Crippen molar-refractivity contribution in [2.24, 2.45) is 5.41 Å². The number of H-pyrrole nitrogens is 1. The number of carboxylic acids is 1. The zero-order valence-corrected chi connectivity index (χ0v) is 11.2. The van der Waals surface area contributed by atoms with E-state index >= 15 is 0 Å². The molecular weight excluding hydrogens is 240 g/mol. The maximum Gasteiger partial charge on any atom is 0.311 e. The summed E-state index contributed by atoms with van der Waals surface area (Å²) in [5.41, 5.74) is 1.53. The van der Waals surface area contributed by atoms with Gasteiger partial charge in [0, 0.05) is 17.1 Å². The van der Waals surface area contributed by atoms with Crippen LogP contribution in [0, 0.1) is 5.41 Å². The summed E-state index contributed by atoms with van der Waals surface area (Å²) in [4.78, 5) is 16.9. The average Bonchev–Trinajstić information content (AvgIpc) is 3.06. The van der Waals surface area contributed by atoms with Crippen molar-refractivity contribution >= 4 is 16.9 Å². The molecule has 1 aromatic carbocycles. The molecule has 1 saturated carbocycles. The van der Waals surface area contributed by atoms with Gasteiger partial charge in [-0.05, 0) is 38.6 Å². The van der Waals surface area contributed by atoms with Crippen LogP contribution < -0.4 is 0 Å². The zero-order chi connectivity index (χ0) is 13.6. The van der Waals surface area contributed by atoms with Crippen LogP contribution in [0.15, 0.2) is 30.5 Å². The van der Waals surface area contributed by atoms with Gasteiger partial charge in [-0.3, -0.25) is 4.79 Å². The smallest absolute Gasteiger partial charge is 0.311 e. The minimum absolute atomic E-state index is 0.0823. The van der Waals surface area contributed by atoms with Crippen LogP contribution in [0.1, 0.15) is 24.4 Å². The Morgan fingerprint density at radius 1 is 1.37 bits per heavy atom. The van der Waals surface area contributed by atoms with Gasteiger partial charge in [0.2, 0.25) is 0 Å². The summed E-state index contributed by atoms with van der Waals surface area (Å²) in [6.07, 6.45) is 3.47. The van der Waals surface area contributed by atoms with Crippen molar-refractivity contribution in [1.29, 1.82) is 0 Å². The van der Waals surface area contributed by atoms with Crippen LogP contribution in [0.4, 0.5) is 0 Å². The van der Waals surface area contributed by atoms with Crippen LogP contribution in [0.2, 0.25) is 0 Å². The third kappa shape index (κ3) is 1.75. The van der Waals surface area contributed by atoms with Gasteiger partial charge >= 0.3 is 5.97 Å². The first-order valence-electron chi connectivity index (χ1n) is 6.52. The number of aromatic amines is 1. The van der Waals surface area contributed by atoms with E-state index in [4.69, 9.17) is 0 Å². The number of fused-ring (bicyclic) bond motifs is 1. The summed E-state index contributed by atoms with van der Waals surface area (Å²) in [6, 6.07) is 7.96. The molecule has 2 N–H and O–H groups in total. The highest BCUT2D eigenvalue weighted by molar-refractivity contribution is 5.86. The van der Waals surface area contributed by atoms with E-state index in [1.807, 2.05) is 43.4 Å². The highest BCUT2D eigenvalue weighted by Gasteiger charge is 2.57. The summed E-state index contributed by atoms with van der Waals surface area (Å²) >= 11 is 0. The van der Waals surface area contributed by atoms with Crippen molar-refractivity contribution in [2.75, 3.05) is 14.1 Å². The minimum atomic E-state index is -0.684. The third-order valence-corrected chi connectivity index (χ3v) is 4.17. The molecule has 0 spiro atoms. The summed E-state index contributed by atoms with van der Waals surface area (Å²) in [5.74, 6) is -0.684. The van der Waals surface area contributed by atoms with Crippen LogP contribution in [0.25, 0.3) is 10.9 Å². The van der Waals surface area contributed by atoms with Crippen molar-refractivity contribution in [3.63, 3.8) is 0 Å². The highest BCUT2D eigenvalue weighted by atomic mass is 16.4. The van der Waals surface area contributed by atoms with E-state index in [0.717, 1.165) is 29.3 Å². The molecule has 0 radical (unpaired) electrons. The summed E-state index contributed by atoms with van der Waals surface area (Å²) in [5, 5.41) is 10.7. The van der Waals surface area contributed by atoms with Crippen LogP contribution in [0.5, 0.6) is 0 Å². The Bertz CT molecular complexity index is 626. The van der Waals surface area contributed by atoms with Gasteiger partial charge in [0.1, 0.15) is 0 Å². The van der Waals surface area contributed by atoms with Crippen molar-refractivity contribution in [3.05, 3.63) is 36.0 Å². The van der Waals surface area contributed by atoms with Crippen LogP contribution in [-0.4, -0.2) is 35.1 Å². The fraction of sp³-hybridized carbons (Fsp3) is 0.400. The molecule has 4 nitrogen and oxygen atoms in total. The molecule has 19 heavy (non-hydrogen) atoms. The second kappa shape index (κ2) is 4.10. The van der Waals surface area contributed by atoms with Crippen molar-refractivity contribution < 1.29 is 9.90 Å². The standard InChI is InChI=1S/C15H18N2O2/c1-17(2)13(15(7-8-15)14(18)19)11-9-16-12-6-4-3-5-10(11)12/h3-6,9,13,16H,7-8H2,1-2H3,(H,18,19). The summed E-state index contributed by atoms with van der Waals surface area (Å²) in [7, 11) is 3.91. The number of aliphatic carboxylic acids is 1. The first-order valence-corrected chi connectivity index (χ1v) is 6.52. The molecule has 1 fully saturated rings. The van der Waals surface area contributed by atoms with E-state index in [-0.39, 0.29) is 6.04 Å². The largest absolute Gasteiger partial charge is 0.481 e. The Hall–Kier alpha value is -1.81. The quantitative estimate of drug-likeness (QED) is 0.886. The fourth-order valence-corrected chi connectivity index (χ4v) is 3.13. The van der Waals surface area contributed by atoms with Crippen molar-refractivity contribution in [2.45, 2.75) is 18.9 Å². The Morgan fingerprint density at radius 2 is 2.05 bits per heavy atom. The first-order chi connectivity index (χ1) is 9.06. The second-order valence-electron chi connectivity index (χ2n) is 5.62. The molecule has 1 aromatic heterocycles. The Balaban J connectivity index is 2.14. The number of rotatable bonds is 4. The van der Waals surface area contributed by atoms with Gasteiger partial charge in [-0.1, -0.05) is 18.2 Å². The van der Waals surface area contributed by atoms with Crippen molar-refractivity contribution in [1.82, 2.24) is 9.88 Å². The highest BCUT2D eigenvalue weighted by Crippen LogP contribution is 2.57. The number of carbonyl (C=O) groups is 1. The predicted octanol–water partition coefficient (Wildman–Crippen LogP) is 2.64. The lowest BCUT2D eigenvalue weighted by Gasteiger charge is -2.30. The number of hydrogen-bond donors (Lipinski definition) is 2. The van der Waals surface area contributed by atoms with E-state index in [2.05, 4.69) is 11.1 Å². The molecule has 4 heteroatoms. The number of para-hydroxylation sites is 1. The molecule has 100 valence electrons. The molecule has 0 aliphatic heterocycles. The molecule has 1 unspecified atom stereocenters. The topological polar surface area (TPSA) is 56.3 Å². The number of benzene rings is 1. The summed E-state index contributed by atoms with van der Waals surface area (Å²) in [6.45, 7) is 0. The Kier molecular flexibility index (Phi) is 2.64. The normalized spacial score (nSPS) is 18.7. The molecule has 0 bridgehead atoms. The van der Waals surface area contributed by atoms with E-state index in [1.54, 1.807) is 0 Å². The molecule has 1 aliphatic rings. The molecule has 1 atom stereocenters.